The molecule has 1 aromatic carbocycles. The van der Waals surface area contributed by atoms with E-state index in [0.29, 0.717) is 24.3 Å². The molecule has 0 aliphatic heterocycles. The number of benzene rings is 1. The fraction of sp³-hybridized carbons (Fsp3) is 0.571. The second-order valence-corrected chi connectivity index (χ2v) is 4.77. The molecule has 0 amide bonds. The smallest absolute Gasteiger partial charge is 0.126 e. The standard InChI is InChI=1S/C14H20F2O/c1-3-4-10(2)5-14(17)8-11-6-12(15)9-13(16)7-11/h6-7,9-10,14,17H,3-5,8H2,1-2H3. The van der Waals surface area contributed by atoms with Crippen LogP contribution in [0, 0.1) is 17.6 Å². The summed E-state index contributed by atoms with van der Waals surface area (Å²) in [4.78, 5) is 0. The van der Waals surface area contributed by atoms with Crippen molar-refractivity contribution >= 4 is 0 Å². The Morgan fingerprint density at radius 1 is 1.18 bits per heavy atom. The van der Waals surface area contributed by atoms with Crippen LogP contribution in [-0.2, 0) is 6.42 Å². The van der Waals surface area contributed by atoms with Crippen LogP contribution in [0.3, 0.4) is 0 Å². The van der Waals surface area contributed by atoms with Crippen molar-refractivity contribution in [3.05, 3.63) is 35.4 Å². The van der Waals surface area contributed by atoms with Gasteiger partial charge in [0.25, 0.3) is 0 Å². The predicted octanol–water partition coefficient (Wildman–Crippen LogP) is 3.69. The van der Waals surface area contributed by atoms with Crippen molar-refractivity contribution in [1.29, 1.82) is 0 Å². The van der Waals surface area contributed by atoms with Crippen LogP contribution in [0.4, 0.5) is 8.78 Å². The monoisotopic (exact) mass is 242 g/mol. The maximum absolute atomic E-state index is 12.9. The Kier molecular flexibility index (Phi) is 5.56. The first-order valence-electron chi connectivity index (χ1n) is 6.14. The average Bonchev–Trinajstić information content (AvgIpc) is 2.14. The van der Waals surface area contributed by atoms with Crippen LogP contribution in [0.1, 0.15) is 38.7 Å². The third-order valence-corrected chi connectivity index (χ3v) is 2.85. The third-order valence-electron chi connectivity index (χ3n) is 2.85. The largest absolute Gasteiger partial charge is 0.393 e. The maximum atomic E-state index is 12.9. The van der Waals surface area contributed by atoms with Crippen LogP contribution in [0.25, 0.3) is 0 Å². The first kappa shape index (κ1) is 14.1. The van der Waals surface area contributed by atoms with Gasteiger partial charge in [0.05, 0.1) is 6.10 Å². The molecule has 0 saturated heterocycles. The van der Waals surface area contributed by atoms with Crippen molar-refractivity contribution < 1.29 is 13.9 Å². The van der Waals surface area contributed by atoms with E-state index < -0.39 is 17.7 Å². The van der Waals surface area contributed by atoms with Gasteiger partial charge in [0.15, 0.2) is 0 Å². The highest BCUT2D eigenvalue weighted by Gasteiger charge is 2.11. The molecule has 1 rings (SSSR count). The number of aliphatic hydroxyl groups excluding tert-OH is 1. The SMILES string of the molecule is CCCC(C)CC(O)Cc1cc(F)cc(F)c1. The predicted molar refractivity (Wildman–Crippen MR) is 64.8 cm³/mol. The van der Waals surface area contributed by atoms with Crippen LogP contribution in [-0.4, -0.2) is 11.2 Å². The van der Waals surface area contributed by atoms with Crippen LogP contribution in [0.15, 0.2) is 18.2 Å². The molecule has 1 nitrogen and oxygen atoms in total. The molecular formula is C14H20F2O. The highest BCUT2D eigenvalue weighted by Crippen LogP contribution is 2.17. The lowest BCUT2D eigenvalue weighted by Crippen LogP contribution is -2.15. The van der Waals surface area contributed by atoms with E-state index in [9.17, 15) is 13.9 Å². The van der Waals surface area contributed by atoms with Gasteiger partial charge in [-0.2, -0.15) is 0 Å². The summed E-state index contributed by atoms with van der Waals surface area (Å²) in [5.74, 6) is -0.740. The van der Waals surface area contributed by atoms with E-state index >= 15 is 0 Å². The molecule has 0 bridgehead atoms. The molecule has 0 heterocycles. The van der Waals surface area contributed by atoms with E-state index in [-0.39, 0.29) is 0 Å². The summed E-state index contributed by atoms with van der Waals surface area (Å²) in [5.41, 5.74) is 0.513. The summed E-state index contributed by atoms with van der Waals surface area (Å²) in [6.45, 7) is 4.18. The van der Waals surface area contributed by atoms with Gasteiger partial charge in [-0.05, 0) is 36.5 Å². The fourth-order valence-electron chi connectivity index (χ4n) is 2.16. The summed E-state index contributed by atoms with van der Waals surface area (Å²) < 4.78 is 25.9. The van der Waals surface area contributed by atoms with Gasteiger partial charge in [0.2, 0.25) is 0 Å². The van der Waals surface area contributed by atoms with Crippen molar-refractivity contribution in [2.24, 2.45) is 5.92 Å². The molecule has 0 aromatic heterocycles. The van der Waals surface area contributed by atoms with E-state index in [2.05, 4.69) is 13.8 Å². The zero-order chi connectivity index (χ0) is 12.8. The van der Waals surface area contributed by atoms with Crippen LogP contribution in [0.2, 0.25) is 0 Å². The topological polar surface area (TPSA) is 20.2 Å². The Bertz CT molecular complexity index is 332. The Morgan fingerprint density at radius 2 is 1.76 bits per heavy atom. The minimum Gasteiger partial charge on any atom is -0.393 e. The normalized spacial score (nSPS) is 14.6. The second kappa shape index (κ2) is 6.70. The number of halogens is 2. The van der Waals surface area contributed by atoms with E-state index in [1.165, 1.54) is 12.1 Å². The van der Waals surface area contributed by atoms with Crippen LogP contribution < -0.4 is 0 Å². The molecule has 0 saturated carbocycles. The first-order chi connectivity index (χ1) is 8.01. The lowest BCUT2D eigenvalue weighted by atomic mass is 9.95. The minimum absolute atomic E-state index is 0.308. The molecule has 2 atom stereocenters. The highest BCUT2D eigenvalue weighted by molar-refractivity contribution is 5.18. The van der Waals surface area contributed by atoms with Gasteiger partial charge < -0.3 is 5.11 Å². The fourth-order valence-corrected chi connectivity index (χ4v) is 2.16. The van der Waals surface area contributed by atoms with Gasteiger partial charge in [-0.25, -0.2) is 8.78 Å². The molecule has 1 N–H and O–H groups in total. The first-order valence-corrected chi connectivity index (χ1v) is 6.14. The highest BCUT2D eigenvalue weighted by atomic mass is 19.1. The lowest BCUT2D eigenvalue weighted by molar-refractivity contribution is 0.143. The number of hydrogen-bond acceptors (Lipinski definition) is 1. The summed E-state index contributed by atoms with van der Waals surface area (Å²) in [7, 11) is 0. The summed E-state index contributed by atoms with van der Waals surface area (Å²) in [6.07, 6.45) is 2.60. The Balaban J connectivity index is 2.52. The van der Waals surface area contributed by atoms with Gasteiger partial charge in [0, 0.05) is 6.07 Å². The van der Waals surface area contributed by atoms with Crippen molar-refractivity contribution in [1.82, 2.24) is 0 Å². The lowest BCUT2D eigenvalue weighted by Gasteiger charge is -2.15. The van der Waals surface area contributed by atoms with Gasteiger partial charge in [-0.15, -0.1) is 0 Å². The van der Waals surface area contributed by atoms with E-state index in [0.717, 1.165) is 18.9 Å². The number of rotatable bonds is 6. The second-order valence-electron chi connectivity index (χ2n) is 4.77. The Labute approximate surface area is 101 Å². The van der Waals surface area contributed by atoms with Crippen LogP contribution >= 0.6 is 0 Å². The maximum Gasteiger partial charge on any atom is 0.126 e. The molecule has 0 fully saturated rings. The quantitative estimate of drug-likeness (QED) is 0.806. The Morgan fingerprint density at radius 3 is 2.29 bits per heavy atom. The van der Waals surface area contributed by atoms with Gasteiger partial charge in [-0.3, -0.25) is 0 Å². The van der Waals surface area contributed by atoms with Crippen molar-refractivity contribution in [2.75, 3.05) is 0 Å². The molecular weight excluding hydrogens is 222 g/mol. The van der Waals surface area contributed by atoms with Crippen molar-refractivity contribution in [3.63, 3.8) is 0 Å². The molecule has 1 aromatic rings. The van der Waals surface area contributed by atoms with E-state index in [1.54, 1.807) is 0 Å². The van der Waals surface area contributed by atoms with Crippen molar-refractivity contribution in [2.45, 2.75) is 45.6 Å². The number of hydrogen-bond donors (Lipinski definition) is 1. The molecule has 0 radical (unpaired) electrons. The van der Waals surface area contributed by atoms with E-state index in [1.807, 2.05) is 0 Å². The summed E-state index contributed by atoms with van der Waals surface area (Å²) in [5, 5.41) is 9.84. The molecule has 2 unspecified atom stereocenters. The molecule has 17 heavy (non-hydrogen) atoms. The number of aliphatic hydroxyl groups is 1. The van der Waals surface area contributed by atoms with Crippen LogP contribution in [0.5, 0.6) is 0 Å². The third kappa shape index (κ3) is 5.26. The molecule has 0 aliphatic carbocycles. The Hall–Kier alpha value is -0.960. The summed E-state index contributed by atoms with van der Waals surface area (Å²) >= 11 is 0. The molecule has 0 spiro atoms. The molecule has 0 aliphatic rings. The van der Waals surface area contributed by atoms with E-state index in [4.69, 9.17) is 0 Å². The average molecular weight is 242 g/mol. The van der Waals surface area contributed by atoms with Gasteiger partial charge in [0.1, 0.15) is 11.6 Å². The minimum atomic E-state index is -0.589. The zero-order valence-electron chi connectivity index (χ0n) is 10.4. The summed E-state index contributed by atoms with van der Waals surface area (Å²) in [6, 6.07) is 3.39. The molecule has 3 heteroatoms. The van der Waals surface area contributed by atoms with Gasteiger partial charge in [-0.1, -0.05) is 26.7 Å². The van der Waals surface area contributed by atoms with Gasteiger partial charge >= 0.3 is 0 Å². The van der Waals surface area contributed by atoms with Crippen molar-refractivity contribution in [3.8, 4) is 0 Å². The zero-order valence-corrected chi connectivity index (χ0v) is 10.4. The molecule has 96 valence electrons.